The highest BCUT2D eigenvalue weighted by molar-refractivity contribution is 7.92. The molecular weight excluding hydrogens is 388 g/mol. The number of amides is 1. The average molecular weight is 417 g/mol. The fraction of sp³-hybridized carbons (Fsp3) is 0.409. The van der Waals surface area contributed by atoms with Crippen LogP contribution >= 0.6 is 0 Å². The van der Waals surface area contributed by atoms with Crippen LogP contribution in [0.4, 0.5) is 5.69 Å². The van der Waals surface area contributed by atoms with Crippen LogP contribution in [-0.4, -0.2) is 33.7 Å². The van der Waals surface area contributed by atoms with Crippen LogP contribution in [0.25, 0.3) is 0 Å². The number of rotatable bonds is 7. The van der Waals surface area contributed by atoms with E-state index in [-0.39, 0.29) is 11.9 Å². The zero-order chi connectivity index (χ0) is 21.2. The predicted molar refractivity (Wildman–Crippen MR) is 115 cm³/mol. The van der Waals surface area contributed by atoms with Gasteiger partial charge in [-0.1, -0.05) is 18.2 Å². The van der Waals surface area contributed by atoms with E-state index in [1.807, 2.05) is 13.0 Å². The number of fused-ring (bicyclic) bond motifs is 1. The number of nitrogens with one attached hydrogen (secondary N) is 1. The Morgan fingerprint density at radius 3 is 2.34 bits per heavy atom. The third kappa shape index (κ3) is 4.72. The number of nitrogens with zero attached hydrogens (tertiary/aromatic N) is 1. The molecule has 1 aliphatic rings. The minimum Gasteiger partial charge on any atom is -0.497 e. The smallest absolute Gasteiger partial charge is 0.244 e. The van der Waals surface area contributed by atoms with Gasteiger partial charge in [-0.05, 0) is 74.1 Å². The Bertz CT molecular complexity index is 986. The summed E-state index contributed by atoms with van der Waals surface area (Å²) in [6, 6.07) is 11.8. The van der Waals surface area contributed by atoms with Crippen LogP contribution in [0.3, 0.4) is 0 Å². The largest absolute Gasteiger partial charge is 0.497 e. The molecule has 156 valence electrons. The summed E-state index contributed by atoms with van der Waals surface area (Å²) in [4.78, 5) is 12.9. The molecule has 0 fully saturated rings. The Labute approximate surface area is 172 Å². The van der Waals surface area contributed by atoms with Crippen molar-refractivity contribution in [2.45, 2.75) is 45.2 Å². The molecule has 7 heteroatoms. The molecular formula is C22H28N2O4S. The Kier molecular flexibility index (Phi) is 6.17. The highest BCUT2D eigenvalue weighted by Gasteiger charge is 2.30. The monoisotopic (exact) mass is 416 g/mol. The first-order valence-electron chi connectivity index (χ1n) is 9.76. The minimum absolute atomic E-state index is 0.215. The maximum atomic E-state index is 12.9. The highest BCUT2D eigenvalue weighted by Crippen LogP contribution is 2.27. The molecule has 0 radical (unpaired) electrons. The van der Waals surface area contributed by atoms with Crippen LogP contribution in [0.5, 0.6) is 5.75 Å². The molecule has 1 amide bonds. The number of ether oxygens (including phenoxy) is 1. The zero-order valence-electron chi connectivity index (χ0n) is 17.3. The first-order valence-corrected chi connectivity index (χ1v) is 11.6. The maximum absolute atomic E-state index is 12.9. The number of hydrogen-bond acceptors (Lipinski definition) is 4. The van der Waals surface area contributed by atoms with Gasteiger partial charge in [-0.2, -0.15) is 0 Å². The van der Waals surface area contributed by atoms with E-state index in [4.69, 9.17) is 4.74 Å². The summed E-state index contributed by atoms with van der Waals surface area (Å²) >= 11 is 0. The second-order valence-electron chi connectivity index (χ2n) is 7.54. The molecule has 0 aromatic heterocycles. The summed E-state index contributed by atoms with van der Waals surface area (Å²) in [6.45, 7) is 3.51. The van der Waals surface area contributed by atoms with E-state index >= 15 is 0 Å². The second kappa shape index (κ2) is 8.45. The van der Waals surface area contributed by atoms with Crippen molar-refractivity contribution in [3.05, 3.63) is 59.2 Å². The number of aryl methyl sites for hydroxylation is 2. The first kappa shape index (κ1) is 21.2. The maximum Gasteiger partial charge on any atom is 0.244 e. The van der Waals surface area contributed by atoms with Gasteiger partial charge in [0, 0.05) is 0 Å². The Morgan fingerprint density at radius 2 is 1.72 bits per heavy atom. The van der Waals surface area contributed by atoms with E-state index in [9.17, 15) is 13.2 Å². The average Bonchev–Trinajstić information content (AvgIpc) is 3.15. The molecule has 0 unspecified atom stereocenters. The number of anilines is 1. The number of carbonyl (C=O) groups is 1. The van der Waals surface area contributed by atoms with E-state index in [0.29, 0.717) is 11.4 Å². The van der Waals surface area contributed by atoms with Gasteiger partial charge in [0.15, 0.2) is 0 Å². The van der Waals surface area contributed by atoms with Gasteiger partial charge in [0.05, 0.1) is 25.1 Å². The van der Waals surface area contributed by atoms with Gasteiger partial charge in [-0.3, -0.25) is 9.10 Å². The molecule has 0 saturated carbocycles. The molecule has 2 atom stereocenters. The molecule has 0 spiro atoms. The summed E-state index contributed by atoms with van der Waals surface area (Å²) in [5.74, 6) is 0.267. The van der Waals surface area contributed by atoms with Gasteiger partial charge in [0.2, 0.25) is 15.9 Å². The van der Waals surface area contributed by atoms with Crippen LogP contribution in [-0.2, 0) is 27.7 Å². The number of methoxy groups -OCH3 is 1. The van der Waals surface area contributed by atoms with Crippen LogP contribution < -0.4 is 14.4 Å². The lowest BCUT2D eigenvalue weighted by Gasteiger charge is -2.29. The molecule has 3 rings (SSSR count). The number of benzene rings is 2. The van der Waals surface area contributed by atoms with Crippen LogP contribution in [0.15, 0.2) is 42.5 Å². The van der Waals surface area contributed by atoms with Crippen LogP contribution in [0, 0.1) is 0 Å². The lowest BCUT2D eigenvalue weighted by Crippen LogP contribution is -2.48. The van der Waals surface area contributed by atoms with Gasteiger partial charge < -0.3 is 10.1 Å². The van der Waals surface area contributed by atoms with Crippen LogP contribution in [0.2, 0.25) is 0 Å². The topological polar surface area (TPSA) is 75.7 Å². The molecule has 2 aromatic rings. The molecule has 1 aliphatic carbocycles. The van der Waals surface area contributed by atoms with E-state index in [2.05, 4.69) is 17.4 Å². The van der Waals surface area contributed by atoms with Gasteiger partial charge in [-0.25, -0.2) is 8.42 Å². The Morgan fingerprint density at radius 1 is 1.07 bits per heavy atom. The van der Waals surface area contributed by atoms with Crippen molar-refractivity contribution in [1.29, 1.82) is 0 Å². The quantitative estimate of drug-likeness (QED) is 0.752. The standard InChI is InChI=1S/C22H28N2O4S/c1-15(18-9-8-17-6-5-7-19(17)14-18)23-22(25)16(2)24(29(4,26)27)20-10-12-21(28-3)13-11-20/h8-16H,5-7H2,1-4H3,(H,23,25)/t15-,16+/m1/s1. The van der Waals surface area contributed by atoms with E-state index < -0.39 is 16.1 Å². The SMILES string of the molecule is COc1ccc(N([C@@H](C)C(=O)N[C@H](C)c2ccc3c(c2)CCC3)S(C)(=O)=O)cc1. The van der Waals surface area contributed by atoms with Gasteiger partial charge in [0.1, 0.15) is 11.8 Å². The molecule has 6 nitrogen and oxygen atoms in total. The van der Waals surface area contributed by atoms with Crippen LogP contribution in [0.1, 0.15) is 43.0 Å². The number of hydrogen-bond donors (Lipinski definition) is 1. The van der Waals surface area contributed by atoms with Crippen molar-refractivity contribution in [2.24, 2.45) is 0 Å². The predicted octanol–water partition coefficient (Wildman–Crippen LogP) is 3.22. The Hall–Kier alpha value is -2.54. The van der Waals surface area contributed by atoms with Crippen molar-refractivity contribution in [2.75, 3.05) is 17.7 Å². The minimum atomic E-state index is -3.66. The zero-order valence-corrected chi connectivity index (χ0v) is 18.1. The number of sulfonamides is 1. The molecule has 1 N–H and O–H groups in total. The van der Waals surface area contributed by atoms with E-state index in [1.54, 1.807) is 38.3 Å². The van der Waals surface area contributed by atoms with Crippen molar-refractivity contribution in [3.63, 3.8) is 0 Å². The van der Waals surface area contributed by atoms with E-state index in [1.165, 1.54) is 17.5 Å². The second-order valence-corrected chi connectivity index (χ2v) is 9.40. The molecule has 0 bridgehead atoms. The third-order valence-electron chi connectivity index (χ3n) is 5.40. The fourth-order valence-corrected chi connectivity index (χ4v) is 4.99. The van der Waals surface area contributed by atoms with Gasteiger partial charge >= 0.3 is 0 Å². The summed E-state index contributed by atoms with van der Waals surface area (Å²) in [7, 11) is -2.12. The summed E-state index contributed by atoms with van der Waals surface area (Å²) in [5.41, 5.74) is 4.17. The fourth-order valence-electron chi connectivity index (χ4n) is 3.82. The lowest BCUT2D eigenvalue weighted by molar-refractivity contribution is -0.122. The normalized spacial score (nSPS) is 15.3. The van der Waals surface area contributed by atoms with Gasteiger partial charge in [-0.15, -0.1) is 0 Å². The van der Waals surface area contributed by atoms with Crippen molar-refractivity contribution < 1.29 is 17.9 Å². The molecule has 29 heavy (non-hydrogen) atoms. The summed E-state index contributed by atoms with van der Waals surface area (Å²) in [6.07, 6.45) is 4.45. The first-order chi connectivity index (χ1) is 13.7. The Balaban J connectivity index is 1.78. The van der Waals surface area contributed by atoms with Crippen molar-refractivity contribution >= 4 is 21.6 Å². The molecule has 2 aromatic carbocycles. The molecule has 0 aliphatic heterocycles. The van der Waals surface area contributed by atoms with E-state index in [0.717, 1.165) is 29.0 Å². The molecule has 0 saturated heterocycles. The lowest BCUT2D eigenvalue weighted by atomic mass is 10.0. The summed E-state index contributed by atoms with van der Waals surface area (Å²) in [5, 5.41) is 2.96. The number of carbonyl (C=O) groups excluding carboxylic acids is 1. The van der Waals surface area contributed by atoms with Crippen molar-refractivity contribution in [1.82, 2.24) is 5.32 Å². The third-order valence-corrected chi connectivity index (χ3v) is 6.64. The summed E-state index contributed by atoms with van der Waals surface area (Å²) < 4.78 is 31.1. The van der Waals surface area contributed by atoms with Crippen molar-refractivity contribution in [3.8, 4) is 5.75 Å². The highest BCUT2D eigenvalue weighted by atomic mass is 32.2. The van der Waals surface area contributed by atoms with Gasteiger partial charge in [0.25, 0.3) is 0 Å². The molecule has 0 heterocycles.